The lowest BCUT2D eigenvalue weighted by molar-refractivity contribution is -0.185. The third-order valence-corrected chi connectivity index (χ3v) is 8.86. The molecule has 2 bridgehead atoms. The molecule has 1 N–H and O–H groups in total. The fourth-order valence-corrected chi connectivity index (χ4v) is 6.91. The quantitative estimate of drug-likeness (QED) is 0.466. The zero-order chi connectivity index (χ0) is 26.3. The van der Waals surface area contributed by atoms with Crippen molar-refractivity contribution in [2.75, 3.05) is 0 Å². The molecule has 2 aliphatic heterocycles. The second-order valence-corrected chi connectivity index (χ2v) is 11.0. The van der Waals surface area contributed by atoms with Crippen LogP contribution < -0.4 is 4.74 Å². The number of hydrogen-bond acceptors (Lipinski definition) is 4. The SMILES string of the molecule is CC(c1ccc2c(C#N)c(O[C@H]3CC[C@@H](C(F)(F)F)CC3)ccc2c1)N1C2CCCC1CC(C(=O)O)C2. The van der Waals surface area contributed by atoms with Gasteiger partial charge in [-0.3, -0.25) is 9.69 Å². The second kappa shape index (κ2) is 10.2. The van der Waals surface area contributed by atoms with Crippen LogP contribution in [0.1, 0.15) is 81.9 Å². The highest BCUT2D eigenvalue weighted by molar-refractivity contribution is 5.90. The Morgan fingerprint density at radius 1 is 1.08 bits per heavy atom. The van der Waals surface area contributed by atoms with Gasteiger partial charge in [-0.25, -0.2) is 0 Å². The summed E-state index contributed by atoms with van der Waals surface area (Å²) < 4.78 is 45.1. The number of carboxylic acids is 1. The third kappa shape index (κ3) is 5.16. The highest BCUT2D eigenvalue weighted by atomic mass is 19.4. The van der Waals surface area contributed by atoms with Crippen LogP contribution in [0.3, 0.4) is 0 Å². The summed E-state index contributed by atoms with van der Waals surface area (Å²) in [7, 11) is 0. The van der Waals surface area contributed by atoms with E-state index in [2.05, 4.69) is 24.0 Å². The Morgan fingerprint density at radius 2 is 1.76 bits per heavy atom. The van der Waals surface area contributed by atoms with Gasteiger partial charge in [0.25, 0.3) is 0 Å². The molecular formula is C29H33F3N2O3. The summed E-state index contributed by atoms with van der Waals surface area (Å²) in [6.45, 7) is 2.17. The molecule has 0 aromatic heterocycles. The summed E-state index contributed by atoms with van der Waals surface area (Å²) in [6, 6.07) is 12.6. The number of nitrogens with zero attached hydrogens (tertiary/aromatic N) is 2. The molecule has 3 fully saturated rings. The van der Waals surface area contributed by atoms with Gasteiger partial charge in [0.05, 0.1) is 17.9 Å². The van der Waals surface area contributed by atoms with Gasteiger partial charge in [-0.15, -0.1) is 0 Å². The first-order valence-electron chi connectivity index (χ1n) is 13.4. The number of benzene rings is 2. The van der Waals surface area contributed by atoms with Gasteiger partial charge in [-0.05, 0) is 81.4 Å². The fourth-order valence-electron chi connectivity index (χ4n) is 6.91. The number of alkyl halides is 3. The average Bonchev–Trinajstić information content (AvgIpc) is 2.86. The predicted molar refractivity (Wildman–Crippen MR) is 133 cm³/mol. The van der Waals surface area contributed by atoms with Gasteiger partial charge in [-0.1, -0.05) is 24.6 Å². The molecule has 0 amide bonds. The van der Waals surface area contributed by atoms with E-state index in [1.165, 1.54) is 0 Å². The second-order valence-electron chi connectivity index (χ2n) is 11.0. The molecule has 2 aromatic rings. The van der Waals surface area contributed by atoms with Crippen LogP contribution in [0.5, 0.6) is 5.75 Å². The lowest BCUT2D eigenvalue weighted by atomic mass is 9.77. The van der Waals surface area contributed by atoms with Crippen LogP contribution in [-0.2, 0) is 4.79 Å². The van der Waals surface area contributed by atoms with Gasteiger partial charge < -0.3 is 9.84 Å². The molecule has 3 unspecified atom stereocenters. The summed E-state index contributed by atoms with van der Waals surface area (Å²) in [4.78, 5) is 14.1. The number of hydrogen-bond donors (Lipinski definition) is 1. The van der Waals surface area contributed by atoms with Crippen molar-refractivity contribution in [2.24, 2.45) is 11.8 Å². The zero-order valence-corrected chi connectivity index (χ0v) is 21.0. The molecule has 0 spiro atoms. The number of carboxylic acid groups (broad SMARTS) is 1. The maximum atomic E-state index is 13.0. The van der Waals surface area contributed by atoms with Gasteiger partial charge in [0.2, 0.25) is 0 Å². The normalized spacial score (nSPS) is 29.4. The van der Waals surface area contributed by atoms with Crippen LogP contribution >= 0.6 is 0 Å². The topological polar surface area (TPSA) is 73.6 Å². The summed E-state index contributed by atoms with van der Waals surface area (Å²) in [5.74, 6) is -1.80. The molecule has 5 rings (SSSR count). The molecule has 2 aromatic carbocycles. The molecule has 0 radical (unpaired) electrons. The number of halogens is 3. The van der Waals surface area contributed by atoms with Crippen molar-refractivity contribution >= 4 is 16.7 Å². The molecule has 2 heterocycles. The molecule has 5 nitrogen and oxygen atoms in total. The summed E-state index contributed by atoms with van der Waals surface area (Å²) in [5, 5.41) is 21.2. The molecule has 3 aliphatic rings. The Labute approximate surface area is 215 Å². The lowest BCUT2D eigenvalue weighted by Gasteiger charge is -2.51. The Morgan fingerprint density at radius 3 is 2.35 bits per heavy atom. The van der Waals surface area contributed by atoms with E-state index in [4.69, 9.17) is 4.74 Å². The third-order valence-electron chi connectivity index (χ3n) is 8.86. The average molecular weight is 515 g/mol. The number of carbonyl (C=O) groups is 1. The van der Waals surface area contributed by atoms with Crippen molar-refractivity contribution in [3.63, 3.8) is 0 Å². The van der Waals surface area contributed by atoms with E-state index in [0.717, 1.165) is 35.6 Å². The number of rotatable bonds is 5. The highest BCUT2D eigenvalue weighted by Gasteiger charge is 2.43. The first-order chi connectivity index (χ1) is 17.7. The molecule has 198 valence electrons. The Balaban J connectivity index is 1.34. The Kier molecular flexibility index (Phi) is 7.10. The van der Waals surface area contributed by atoms with E-state index in [1.54, 1.807) is 6.07 Å². The molecule has 8 heteroatoms. The summed E-state index contributed by atoms with van der Waals surface area (Å²) in [5.41, 5.74) is 1.54. The maximum absolute atomic E-state index is 13.0. The summed E-state index contributed by atoms with van der Waals surface area (Å²) >= 11 is 0. The van der Waals surface area contributed by atoms with E-state index in [-0.39, 0.29) is 43.0 Å². The van der Waals surface area contributed by atoms with Crippen molar-refractivity contribution in [1.82, 2.24) is 4.90 Å². The van der Waals surface area contributed by atoms with Gasteiger partial charge in [0.1, 0.15) is 17.4 Å². The van der Waals surface area contributed by atoms with E-state index >= 15 is 0 Å². The van der Waals surface area contributed by atoms with Crippen LogP contribution in [0.15, 0.2) is 30.3 Å². The summed E-state index contributed by atoms with van der Waals surface area (Å²) in [6.07, 6.45) is 0.810. The molecule has 3 atom stereocenters. The number of ether oxygens (including phenoxy) is 1. The van der Waals surface area contributed by atoms with Crippen molar-refractivity contribution < 1.29 is 27.8 Å². The molecular weight excluding hydrogens is 481 g/mol. The van der Waals surface area contributed by atoms with Gasteiger partial charge in [-0.2, -0.15) is 18.4 Å². The molecule has 2 saturated heterocycles. The predicted octanol–water partition coefficient (Wildman–Crippen LogP) is 6.99. The van der Waals surface area contributed by atoms with Gasteiger partial charge in [0, 0.05) is 23.5 Å². The van der Waals surface area contributed by atoms with Crippen molar-refractivity contribution in [2.45, 2.75) is 95.1 Å². The number of piperidine rings is 2. The van der Waals surface area contributed by atoms with Crippen LogP contribution in [0, 0.1) is 23.2 Å². The zero-order valence-electron chi connectivity index (χ0n) is 21.0. The minimum absolute atomic E-state index is 0.0522. The first-order valence-corrected chi connectivity index (χ1v) is 13.4. The van der Waals surface area contributed by atoms with E-state index in [1.807, 2.05) is 18.2 Å². The van der Waals surface area contributed by atoms with Crippen LogP contribution in [-0.4, -0.2) is 40.3 Å². The standard InChI is InChI=1S/C29H33F3N2O3/c1-17(34-22-3-2-4-23(34)15-20(14-22)28(35)36)18-5-11-25-19(13-18)6-12-27(26(25)16-33)37-24-9-7-21(8-10-24)29(30,31)32/h5-6,11-13,17,20-24H,2-4,7-10,14-15H2,1H3,(H,35,36)/t17?,20?,21-,22?,23?,24+. The molecule has 37 heavy (non-hydrogen) atoms. The monoisotopic (exact) mass is 514 g/mol. The highest BCUT2D eigenvalue weighted by Crippen LogP contribution is 2.43. The molecule has 1 aliphatic carbocycles. The van der Waals surface area contributed by atoms with E-state index in [0.29, 0.717) is 37.0 Å². The first kappa shape index (κ1) is 25.8. The van der Waals surface area contributed by atoms with Gasteiger partial charge in [0.15, 0.2) is 0 Å². The maximum Gasteiger partial charge on any atom is 0.391 e. The number of nitriles is 1. The Bertz CT molecular complexity index is 1190. The van der Waals surface area contributed by atoms with Crippen molar-refractivity contribution in [3.8, 4) is 11.8 Å². The van der Waals surface area contributed by atoms with Crippen LogP contribution in [0.25, 0.3) is 10.8 Å². The van der Waals surface area contributed by atoms with Gasteiger partial charge >= 0.3 is 12.1 Å². The van der Waals surface area contributed by atoms with E-state index < -0.39 is 18.1 Å². The van der Waals surface area contributed by atoms with Crippen LogP contribution in [0.4, 0.5) is 13.2 Å². The lowest BCUT2D eigenvalue weighted by Crippen LogP contribution is -2.53. The van der Waals surface area contributed by atoms with E-state index in [9.17, 15) is 28.3 Å². The minimum Gasteiger partial charge on any atom is -0.489 e. The van der Waals surface area contributed by atoms with Crippen LogP contribution in [0.2, 0.25) is 0 Å². The smallest absolute Gasteiger partial charge is 0.391 e. The minimum atomic E-state index is -4.16. The number of fused-ring (bicyclic) bond motifs is 3. The Hall–Kier alpha value is -2.79. The fraction of sp³-hybridized carbons (Fsp3) is 0.586. The largest absolute Gasteiger partial charge is 0.489 e. The van der Waals surface area contributed by atoms with Crippen molar-refractivity contribution in [1.29, 1.82) is 5.26 Å². The number of aliphatic carboxylic acids is 1. The molecule has 1 saturated carbocycles. The van der Waals surface area contributed by atoms with Crippen molar-refractivity contribution in [3.05, 3.63) is 41.5 Å².